The molecule has 0 saturated carbocycles. The van der Waals surface area contributed by atoms with Gasteiger partial charge in [0, 0.05) is 30.5 Å². The van der Waals surface area contributed by atoms with E-state index in [1.165, 1.54) is 11.0 Å². The van der Waals surface area contributed by atoms with Crippen molar-refractivity contribution >= 4 is 41.0 Å². The molecule has 8 rings (SSSR count). The Morgan fingerprint density at radius 1 is 0.891 bits per heavy atom. The molecule has 2 aliphatic heterocycles. The second kappa shape index (κ2) is 18.0. The molecule has 15 heteroatoms. The van der Waals surface area contributed by atoms with Crippen LogP contribution in [0.1, 0.15) is 55.4 Å². The number of rotatable bonds is 11. The van der Waals surface area contributed by atoms with E-state index in [1.807, 2.05) is 24.3 Å². The highest BCUT2D eigenvalue weighted by Gasteiger charge is 2.39. The molecular formula is C49H36ClF3N4O7. The van der Waals surface area contributed by atoms with Gasteiger partial charge in [-0.2, -0.15) is 18.4 Å². The van der Waals surface area contributed by atoms with E-state index in [0.717, 1.165) is 23.3 Å². The fourth-order valence-electron chi connectivity index (χ4n) is 7.66. The van der Waals surface area contributed by atoms with Crippen LogP contribution in [0.3, 0.4) is 0 Å². The minimum absolute atomic E-state index is 0.00689. The van der Waals surface area contributed by atoms with Crippen molar-refractivity contribution in [2.45, 2.75) is 50.4 Å². The van der Waals surface area contributed by atoms with Gasteiger partial charge in [0.1, 0.15) is 30.2 Å². The SMILES string of the molecule is N#Cc1ccc(-c2ccc(C[C@H](NC(=O)C3Cc4cc5c(cc4CN3C(=O)c3ccccc3)O[C@@H](c3ccc(OCc4ccc(Cl)c(C(F)(F)F)c4)cc3)C(=O)N5)C(=O)O)cc2)cc1. The summed E-state index contributed by atoms with van der Waals surface area (Å²) in [5.41, 5.74) is 4.66. The van der Waals surface area contributed by atoms with Crippen molar-refractivity contribution in [3.05, 3.63) is 183 Å². The number of hydrogen-bond acceptors (Lipinski definition) is 7. The van der Waals surface area contributed by atoms with E-state index in [9.17, 15) is 37.5 Å². The molecule has 3 amide bonds. The maximum absolute atomic E-state index is 14.1. The van der Waals surface area contributed by atoms with E-state index >= 15 is 0 Å². The first kappa shape index (κ1) is 43.0. The number of anilines is 1. The standard InChI is InChI=1S/C49H36ClF3N4O7/c50-39-19-10-30(20-38(39)49(51,52)53)27-63-37-17-15-33(16-18-37)44-46(59)55-40-22-35-23-42(57(26-36(35)24-43(40)64-44)47(60)34-4-2-1-3-5-34)45(58)56-41(48(61)62)21-28-6-11-31(12-7-28)32-13-8-29(25-54)9-14-32/h1-20,22,24,41-42,44H,21,23,26-27H2,(H,55,59)(H,56,58)(H,61,62)/t41-,42?,44-/m0/s1. The minimum atomic E-state index is -4.62. The van der Waals surface area contributed by atoms with Crippen LogP contribution in [0.4, 0.5) is 18.9 Å². The molecule has 64 heavy (non-hydrogen) atoms. The van der Waals surface area contributed by atoms with E-state index in [1.54, 1.807) is 91.0 Å². The second-order valence-electron chi connectivity index (χ2n) is 15.3. The van der Waals surface area contributed by atoms with Crippen molar-refractivity contribution in [1.29, 1.82) is 5.26 Å². The average molecular weight is 885 g/mol. The number of carbonyl (C=O) groups excluding carboxylic acids is 3. The topological polar surface area (TPSA) is 158 Å². The predicted octanol–water partition coefficient (Wildman–Crippen LogP) is 8.93. The van der Waals surface area contributed by atoms with E-state index < -0.39 is 58.6 Å². The normalized spacial score (nSPS) is 15.9. The van der Waals surface area contributed by atoms with Crippen LogP contribution in [0.15, 0.2) is 133 Å². The summed E-state index contributed by atoms with van der Waals surface area (Å²) in [6, 6.07) is 35.6. The largest absolute Gasteiger partial charge is 0.489 e. The highest BCUT2D eigenvalue weighted by molar-refractivity contribution is 6.31. The summed E-state index contributed by atoms with van der Waals surface area (Å²) in [4.78, 5) is 55.6. The number of carbonyl (C=O) groups is 4. The molecule has 0 aromatic heterocycles. The van der Waals surface area contributed by atoms with Gasteiger partial charge in [-0.3, -0.25) is 14.4 Å². The summed E-state index contributed by atoms with van der Waals surface area (Å²) in [6.45, 7) is -0.197. The molecule has 0 spiro atoms. The van der Waals surface area contributed by atoms with Gasteiger partial charge in [-0.15, -0.1) is 0 Å². The number of aliphatic carboxylic acids is 1. The van der Waals surface area contributed by atoms with E-state index in [0.29, 0.717) is 50.6 Å². The number of ether oxygens (including phenoxy) is 2. The van der Waals surface area contributed by atoms with Crippen LogP contribution < -0.4 is 20.1 Å². The highest BCUT2D eigenvalue weighted by Crippen LogP contribution is 2.40. The molecule has 2 heterocycles. The van der Waals surface area contributed by atoms with Crippen LogP contribution in [0.25, 0.3) is 11.1 Å². The molecule has 3 N–H and O–H groups in total. The van der Waals surface area contributed by atoms with Gasteiger partial charge in [-0.05, 0) is 94.0 Å². The molecule has 0 radical (unpaired) electrons. The monoisotopic (exact) mass is 884 g/mol. The maximum Gasteiger partial charge on any atom is 0.417 e. The molecule has 1 unspecified atom stereocenters. The highest BCUT2D eigenvalue weighted by atomic mass is 35.5. The zero-order valence-corrected chi connectivity index (χ0v) is 34.3. The number of benzene rings is 6. The second-order valence-corrected chi connectivity index (χ2v) is 15.7. The van der Waals surface area contributed by atoms with Gasteiger partial charge in [0.05, 0.1) is 27.9 Å². The molecule has 3 atom stereocenters. The predicted molar refractivity (Wildman–Crippen MR) is 229 cm³/mol. The molecule has 6 aromatic carbocycles. The van der Waals surface area contributed by atoms with Crippen LogP contribution in [0, 0.1) is 11.3 Å². The molecule has 0 aliphatic carbocycles. The summed E-state index contributed by atoms with van der Waals surface area (Å²) in [5.74, 6) is -2.19. The molecule has 0 saturated heterocycles. The van der Waals surface area contributed by atoms with Crippen LogP contribution in [0.2, 0.25) is 5.02 Å². The fourth-order valence-corrected chi connectivity index (χ4v) is 7.89. The maximum atomic E-state index is 14.1. The lowest BCUT2D eigenvalue weighted by atomic mass is 9.91. The third-order valence-corrected chi connectivity index (χ3v) is 11.4. The minimum Gasteiger partial charge on any atom is -0.489 e. The van der Waals surface area contributed by atoms with Crippen molar-refractivity contribution in [2.24, 2.45) is 0 Å². The Bertz CT molecular complexity index is 2800. The number of nitrogens with one attached hydrogen (secondary N) is 2. The number of nitriles is 1. The van der Waals surface area contributed by atoms with Crippen molar-refractivity contribution in [2.75, 3.05) is 5.32 Å². The first-order valence-corrected chi connectivity index (χ1v) is 20.3. The zero-order valence-electron chi connectivity index (χ0n) is 33.6. The quantitative estimate of drug-likeness (QED) is 0.116. The molecular weight excluding hydrogens is 849 g/mol. The van der Waals surface area contributed by atoms with Gasteiger partial charge in [0.15, 0.2) is 0 Å². The van der Waals surface area contributed by atoms with Crippen LogP contribution >= 0.6 is 11.6 Å². The van der Waals surface area contributed by atoms with E-state index in [4.69, 9.17) is 26.3 Å². The first-order valence-electron chi connectivity index (χ1n) is 19.9. The Morgan fingerprint density at radius 3 is 2.22 bits per heavy atom. The van der Waals surface area contributed by atoms with Crippen LogP contribution in [0.5, 0.6) is 11.5 Å². The molecule has 2 aliphatic rings. The van der Waals surface area contributed by atoms with Gasteiger partial charge >= 0.3 is 12.1 Å². The number of carboxylic acid groups (broad SMARTS) is 1. The number of alkyl halides is 3. The summed E-state index contributed by atoms with van der Waals surface area (Å²) in [7, 11) is 0. The molecule has 11 nitrogen and oxygen atoms in total. The van der Waals surface area contributed by atoms with Crippen molar-refractivity contribution in [3.63, 3.8) is 0 Å². The zero-order chi connectivity index (χ0) is 45.1. The van der Waals surface area contributed by atoms with Crippen molar-refractivity contribution in [3.8, 4) is 28.7 Å². The fraction of sp³-hybridized carbons (Fsp3) is 0.163. The number of halogens is 4. The molecule has 6 aromatic rings. The lowest BCUT2D eigenvalue weighted by Gasteiger charge is -2.37. The number of fused-ring (bicyclic) bond motifs is 2. The Balaban J connectivity index is 0.982. The van der Waals surface area contributed by atoms with E-state index in [2.05, 4.69) is 16.7 Å². The third-order valence-electron chi connectivity index (χ3n) is 11.0. The summed E-state index contributed by atoms with van der Waals surface area (Å²) >= 11 is 5.74. The lowest BCUT2D eigenvalue weighted by molar-refractivity contribution is -0.142. The van der Waals surface area contributed by atoms with Gasteiger partial charge < -0.3 is 30.1 Å². The number of nitrogens with zero attached hydrogens (tertiary/aromatic N) is 2. The Hall–Kier alpha value is -7.63. The lowest BCUT2D eigenvalue weighted by Crippen LogP contribution is -2.56. The number of carboxylic acids is 1. The Morgan fingerprint density at radius 2 is 1.56 bits per heavy atom. The molecule has 322 valence electrons. The van der Waals surface area contributed by atoms with Crippen molar-refractivity contribution < 1.29 is 46.9 Å². The summed E-state index contributed by atoms with van der Waals surface area (Å²) in [6.07, 6.45) is -5.74. The Labute approximate surface area is 369 Å². The average Bonchev–Trinajstić information content (AvgIpc) is 3.30. The van der Waals surface area contributed by atoms with E-state index in [-0.39, 0.29) is 31.6 Å². The van der Waals surface area contributed by atoms with Crippen LogP contribution in [-0.2, 0) is 46.6 Å². The summed E-state index contributed by atoms with van der Waals surface area (Å²) in [5, 5.41) is 24.5. The van der Waals surface area contributed by atoms with Crippen molar-refractivity contribution in [1.82, 2.24) is 10.2 Å². The Kier molecular flexibility index (Phi) is 12.1. The molecule has 0 fully saturated rings. The smallest absolute Gasteiger partial charge is 0.417 e. The van der Waals surface area contributed by atoms with Gasteiger partial charge in [0.25, 0.3) is 11.8 Å². The molecule has 0 bridgehead atoms. The van der Waals surface area contributed by atoms with Gasteiger partial charge in [-0.1, -0.05) is 84.4 Å². The summed E-state index contributed by atoms with van der Waals surface area (Å²) < 4.78 is 51.9. The first-order chi connectivity index (χ1) is 30.7. The van der Waals surface area contributed by atoms with Gasteiger partial charge in [0.2, 0.25) is 12.0 Å². The van der Waals surface area contributed by atoms with Crippen LogP contribution in [-0.4, -0.2) is 45.8 Å². The van der Waals surface area contributed by atoms with Gasteiger partial charge in [-0.25, -0.2) is 4.79 Å². The third kappa shape index (κ3) is 9.40. The number of hydrogen-bond donors (Lipinski definition) is 3. The number of amides is 3.